The van der Waals surface area contributed by atoms with Gasteiger partial charge in [-0.1, -0.05) is 17.7 Å². The van der Waals surface area contributed by atoms with Crippen molar-refractivity contribution in [3.63, 3.8) is 0 Å². The Morgan fingerprint density at radius 2 is 2.00 bits per heavy atom. The van der Waals surface area contributed by atoms with Gasteiger partial charge in [-0.25, -0.2) is 8.42 Å². The van der Waals surface area contributed by atoms with Gasteiger partial charge in [-0.05, 0) is 55.3 Å². The molecule has 1 saturated heterocycles. The molecule has 0 radical (unpaired) electrons. The topological polar surface area (TPSA) is 66.5 Å². The lowest BCUT2D eigenvalue weighted by Gasteiger charge is -2.17. The summed E-state index contributed by atoms with van der Waals surface area (Å²) in [4.78, 5) is 13.4. The largest absolute Gasteiger partial charge is 0.326 e. The normalized spacial score (nSPS) is 15.3. The Morgan fingerprint density at radius 1 is 1.23 bits per heavy atom. The minimum Gasteiger partial charge on any atom is -0.326 e. The Morgan fingerprint density at radius 3 is 2.69 bits per heavy atom. The molecule has 1 aliphatic rings. The Balaban J connectivity index is 1.64. The van der Waals surface area contributed by atoms with Crippen LogP contribution < -0.4 is 5.32 Å². The van der Waals surface area contributed by atoms with E-state index in [1.165, 1.54) is 21.3 Å². The smallest absolute Gasteiger partial charge is 0.244 e. The Labute approximate surface area is 163 Å². The number of sulfonamides is 1. The first-order valence-corrected chi connectivity index (χ1v) is 11.3. The van der Waals surface area contributed by atoms with Crippen molar-refractivity contribution in [3.05, 3.63) is 45.6 Å². The summed E-state index contributed by atoms with van der Waals surface area (Å²) in [5, 5.41) is 4.97. The highest BCUT2D eigenvalue weighted by Crippen LogP contribution is 2.29. The van der Waals surface area contributed by atoms with Crippen LogP contribution in [0.25, 0.3) is 0 Å². The van der Waals surface area contributed by atoms with Crippen LogP contribution in [0.5, 0.6) is 0 Å². The molecule has 26 heavy (non-hydrogen) atoms. The molecule has 1 amide bonds. The third-order valence-corrected chi connectivity index (χ3v) is 7.62. The van der Waals surface area contributed by atoms with E-state index in [2.05, 4.69) is 11.4 Å². The molecule has 1 aromatic carbocycles. The summed E-state index contributed by atoms with van der Waals surface area (Å²) in [6.07, 6.45) is 3.71. The van der Waals surface area contributed by atoms with Crippen molar-refractivity contribution in [1.82, 2.24) is 4.31 Å². The van der Waals surface area contributed by atoms with Crippen molar-refractivity contribution in [3.8, 4) is 0 Å². The number of anilines is 1. The highest BCUT2D eigenvalue weighted by molar-refractivity contribution is 7.89. The third kappa shape index (κ3) is 4.65. The number of benzene rings is 1. The van der Waals surface area contributed by atoms with Gasteiger partial charge in [0, 0.05) is 30.1 Å². The first-order valence-electron chi connectivity index (χ1n) is 8.59. The second-order valence-corrected chi connectivity index (χ2v) is 9.58. The predicted molar refractivity (Wildman–Crippen MR) is 105 cm³/mol. The van der Waals surface area contributed by atoms with Crippen LogP contribution in [0.3, 0.4) is 0 Å². The molecule has 8 heteroatoms. The fourth-order valence-electron chi connectivity index (χ4n) is 2.95. The second-order valence-electron chi connectivity index (χ2n) is 6.24. The van der Waals surface area contributed by atoms with Gasteiger partial charge in [0.05, 0.1) is 5.02 Å². The summed E-state index contributed by atoms with van der Waals surface area (Å²) in [6.45, 7) is 1.02. The molecular weight excluding hydrogens is 392 g/mol. The zero-order valence-corrected chi connectivity index (χ0v) is 16.7. The fraction of sp³-hybridized carbons (Fsp3) is 0.389. The molecule has 1 aliphatic heterocycles. The number of hydrogen-bond acceptors (Lipinski definition) is 4. The molecule has 0 saturated carbocycles. The molecule has 0 unspecified atom stereocenters. The van der Waals surface area contributed by atoms with Crippen LogP contribution in [-0.4, -0.2) is 31.7 Å². The van der Waals surface area contributed by atoms with E-state index in [0.29, 0.717) is 25.2 Å². The first kappa shape index (κ1) is 19.4. The van der Waals surface area contributed by atoms with Crippen molar-refractivity contribution in [2.24, 2.45) is 0 Å². The SMILES string of the molecule is O=C(CCCc1cccs1)Nc1ccc(Cl)c(S(=O)(=O)N2CCCC2)c1. The number of amides is 1. The Kier molecular flexibility index (Phi) is 6.34. The van der Waals surface area contributed by atoms with Gasteiger partial charge < -0.3 is 5.32 Å². The van der Waals surface area contributed by atoms with E-state index in [4.69, 9.17) is 11.6 Å². The van der Waals surface area contributed by atoms with Crippen molar-refractivity contribution >= 4 is 44.6 Å². The van der Waals surface area contributed by atoms with Crippen molar-refractivity contribution in [1.29, 1.82) is 0 Å². The number of hydrogen-bond donors (Lipinski definition) is 1. The van der Waals surface area contributed by atoms with Crippen LogP contribution in [0, 0.1) is 0 Å². The minimum atomic E-state index is -3.62. The Hall–Kier alpha value is -1.41. The summed E-state index contributed by atoms with van der Waals surface area (Å²) in [6, 6.07) is 8.65. The lowest BCUT2D eigenvalue weighted by molar-refractivity contribution is -0.116. The highest BCUT2D eigenvalue weighted by Gasteiger charge is 2.29. The van der Waals surface area contributed by atoms with Gasteiger partial charge in [0.1, 0.15) is 4.90 Å². The molecule has 1 aromatic heterocycles. The maximum atomic E-state index is 12.7. The van der Waals surface area contributed by atoms with Gasteiger partial charge in [-0.2, -0.15) is 4.31 Å². The predicted octanol–water partition coefficient (Wildman–Crippen LogP) is 4.15. The molecule has 3 rings (SSSR count). The van der Waals surface area contributed by atoms with Gasteiger partial charge in [0.15, 0.2) is 0 Å². The van der Waals surface area contributed by atoms with Gasteiger partial charge >= 0.3 is 0 Å². The molecule has 5 nitrogen and oxygen atoms in total. The molecule has 0 bridgehead atoms. The second kappa shape index (κ2) is 8.52. The van der Waals surface area contributed by atoms with Crippen LogP contribution >= 0.6 is 22.9 Å². The van der Waals surface area contributed by atoms with Crippen LogP contribution in [0.15, 0.2) is 40.6 Å². The lowest BCUT2D eigenvalue weighted by atomic mass is 10.2. The number of nitrogens with zero attached hydrogens (tertiary/aromatic N) is 1. The van der Waals surface area contributed by atoms with Gasteiger partial charge in [-0.15, -0.1) is 11.3 Å². The van der Waals surface area contributed by atoms with E-state index >= 15 is 0 Å². The molecule has 1 N–H and O–H groups in total. The van der Waals surface area contributed by atoms with Gasteiger partial charge in [-0.3, -0.25) is 4.79 Å². The zero-order valence-electron chi connectivity index (χ0n) is 14.3. The van der Waals surface area contributed by atoms with E-state index in [1.54, 1.807) is 17.4 Å². The summed E-state index contributed by atoms with van der Waals surface area (Å²) >= 11 is 7.80. The molecule has 0 atom stereocenters. The standard InChI is InChI=1S/C18H21ClN2O3S2/c19-16-9-8-14(13-17(16)26(23,24)21-10-1-2-11-21)20-18(22)7-3-5-15-6-4-12-25-15/h4,6,8-9,12-13H,1-3,5,7,10-11H2,(H,20,22). The number of aryl methyl sites for hydroxylation is 1. The van der Waals surface area contributed by atoms with Gasteiger partial charge in [0.2, 0.25) is 15.9 Å². The molecule has 2 aromatic rings. The lowest BCUT2D eigenvalue weighted by Crippen LogP contribution is -2.28. The maximum Gasteiger partial charge on any atom is 0.244 e. The van der Waals surface area contributed by atoms with Gasteiger partial charge in [0.25, 0.3) is 0 Å². The average Bonchev–Trinajstić information content (AvgIpc) is 3.30. The van der Waals surface area contributed by atoms with Crippen LogP contribution in [0.1, 0.15) is 30.6 Å². The summed E-state index contributed by atoms with van der Waals surface area (Å²) in [5.41, 5.74) is 0.452. The number of rotatable bonds is 7. The number of thiophene rings is 1. The fourth-order valence-corrected chi connectivity index (χ4v) is 5.72. The number of carbonyl (C=O) groups excluding carboxylic acids is 1. The van der Waals surface area contributed by atoms with Crippen LogP contribution in [-0.2, 0) is 21.2 Å². The van der Waals surface area contributed by atoms with E-state index in [1.807, 2.05) is 11.4 Å². The highest BCUT2D eigenvalue weighted by atomic mass is 35.5. The van der Waals surface area contributed by atoms with Crippen molar-refractivity contribution in [2.75, 3.05) is 18.4 Å². The number of nitrogens with one attached hydrogen (secondary N) is 1. The molecule has 2 heterocycles. The maximum absolute atomic E-state index is 12.7. The quantitative estimate of drug-likeness (QED) is 0.742. The molecular formula is C18H21ClN2O3S2. The third-order valence-electron chi connectivity index (χ3n) is 4.30. The van der Waals surface area contributed by atoms with Crippen molar-refractivity contribution < 1.29 is 13.2 Å². The molecule has 0 aliphatic carbocycles. The summed E-state index contributed by atoms with van der Waals surface area (Å²) in [5.74, 6) is -0.131. The van der Waals surface area contributed by atoms with E-state index in [0.717, 1.165) is 25.7 Å². The van der Waals surface area contributed by atoms with Crippen LogP contribution in [0.4, 0.5) is 5.69 Å². The summed E-state index contributed by atoms with van der Waals surface area (Å²) in [7, 11) is -3.62. The van der Waals surface area contributed by atoms with Crippen LogP contribution in [0.2, 0.25) is 5.02 Å². The monoisotopic (exact) mass is 412 g/mol. The number of halogens is 1. The zero-order chi connectivity index (χ0) is 18.6. The Bertz CT molecular complexity index is 861. The average molecular weight is 413 g/mol. The minimum absolute atomic E-state index is 0.0532. The van der Waals surface area contributed by atoms with E-state index in [9.17, 15) is 13.2 Å². The number of carbonyl (C=O) groups is 1. The molecule has 1 fully saturated rings. The molecule has 140 valence electrons. The van der Waals surface area contributed by atoms with Crippen molar-refractivity contribution in [2.45, 2.75) is 37.0 Å². The van der Waals surface area contributed by atoms with E-state index in [-0.39, 0.29) is 15.8 Å². The molecule has 0 spiro atoms. The first-order chi connectivity index (χ1) is 12.5. The van der Waals surface area contributed by atoms with E-state index < -0.39 is 10.0 Å². The summed E-state index contributed by atoms with van der Waals surface area (Å²) < 4.78 is 26.9.